The first kappa shape index (κ1) is 16.7. The zero-order valence-electron chi connectivity index (χ0n) is 15.0. The maximum Gasteiger partial charge on any atom is 0.175 e. The van der Waals surface area contributed by atoms with Crippen molar-refractivity contribution in [3.63, 3.8) is 0 Å². The highest BCUT2D eigenvalue weighted by Gasteiger charge is 2.19. The summed E-state index contributed by atoms with van der Waals surface area (Å²) < 4.78 is 1.74. The molecule has 1 aliphatic rings. The van der Waals surface area contributed by atoms with Crippen LogP contribution in [0, 0.1) is 6.92 Å². The number of aromatic nitrogens is 4. The molecule has 0 aliphatic carbocycles. The van der Waals surface area contributed by atoms with Crippen molar-refractivity contribution in [1.29, 1.82) is 0 Å². The summed E-state index contributed by atoms with van der Waals surface area (Å²) in [6.07, 6.45) is 4.48. The molecule has 0 spiro atoms. The van der Waals surface area contributed by atoms with E-state index in [4.69, 9.17) is 0 Å². The first-order chi connectivity index (χ1) is 12.8. The van der Waals surface area contributed by atoms with Gasteiger partial charge in [0.15, 0.2) is 5.82 Å². The molecule has 3 heterocycles. The molecule has 3 aromatic rings. The Balaban J connectivity index is 1.51. The SMILES string of the molecule is Cc1ccn(-c2ccc(NC(CN3CCCC3)c3ccccc3)nn2)n1. The fourth-order valence-electron chi connectivity index (χ4n) is 3.39. The van der Waals surface area contributed by atoms with Crippen molar-refractivity contribution >= 4 is 5.82 Å². The highest BCUT2D eigenvalue weighted by molar-refractivity contribution is 5.40. The van der Waals surface area contributed by atoms with Crippen molar-refractivity contribution in [2.75, 3.05) is 25.0 Å². The third-order valence-electron chi connectivity index (χ3n) is 4.77. The van der Waals surface area contributed by atoms with Gasteiger partial charge in [0.1, 0.15) is 5.82 Å². The lowest BCUT2D eigenvalue weighted by Crippen LogP contribution is -2.29. The minimum Gasteiger partial charge on any atom is -0.360 e. The maximum absolute atomic E-state index is 4.37. The topological polar surface area (TPSA) is 58.9 Å². The highest BCUT2D eigenvalue weighted by atomic mass is 15.3. The van der Waals surface area contributed by atoms with Gasteiger partial charge in [-0.25, -0.2) is 4.68 Å². The molecule has 0 saturated carbocycles. The van der Waals surface area contributed by atoms with Crippen molar-refractivity contribution in [1.82, 2.24) is 24.9 Å². The molecule has 1 saturated heterocycles. The number of likely N-dealkylation sites (tertiary alicyclic amines) is 1. The Morgan fingerprint density at radius 1 is 1.00 bits per heavy atom. The van der Waals surface area contributed by atoms with Crippen LogP contribution in [0.3, 0.4) is 0 Å². The molecule has 1 aromatic carbocycles. The molecular formula is C20H24N6. The van der Waals surface area contributed by atoms with Gasteiger partial charge in [-0.15, -0.1) is 10.2 Å². The van der Waals surface area contributed by atoms with E-state index in [2.05, 4.69) is 55.8 Å². The predicted molar refractivity (Wildman–Crippen MR) is 102 cm³/mol. The Bertz CT molecular complexity index is 821. The molecule has 1 N–H and O–H groups in total. The molecular weight excluding hydrogens is 324 g/mol. The van der Waals surface area contributed by atoms with Gasteiger partial charge in [0.05, 0.1) is 11.7 Å². The van der Waals surface area contributed by atoms with Crippen LogP contribution in [0.5, 0.6) is 0 Å². The lowest BCUT2D eigenvalue weighted by Gasteiger charge is -2.25. The second kappa shape index (κ2) is 7.66. The van der Waals surface area contributed by atoms with Gasteiger partial charge >= 0.3 is 0 Å². The van der Waals surface area contributed by atoms with Crippen LogP contribution in [0.1, 0.15) is 30.1 Å². The smallest absolute Gasteiger partial charge is 0.175 e. The average molecular weight is 348 g/mol. The number of rotatable bonds is 6. The monoisotopic (exact) mass is 348 g/mol. The Labute approximate surface area is 153 Å². The van der Waals surface area contributed by atoms with Crippen LogP contribution in [-0.2, 0) is 0 Å². The van der Waals surface area contributed by atoms with Gasteiger partial charge in [-0.2, -0.15) is 5.10 Å². The van der Waals surface area contributed by atoms with E-state index in [0.717, 1.165) is 23.9 Å². The van der Waals surface area contributed by atoms with E-state index < -0.39 is 0 Å². The molecule has 26 heavy (non-hydrogen) atoms. The molecule has 0 amide bonds. The summed E-state index contributed by atoms with van der Waals surface area (Å²) in [6, 6.07) is 16.6. The molecule has 1 fully saturated rings. The lowest BCUT2D eigenvalue weighted by atomic mass is 10.1. The molecule has 1 unspecified atom stereocenters. The second-order valence-electron chi connectivity index (χ2n) is 6.79. The molecule has 6 nitrogen and oxygen atoms in total. The van der Waals surface area contributed by atoms with Gasteiger partial charge in [0, 0.05) is 12.7 Å². The summed E-state index contributed by atoms with van der Waals surface area (Å²) in [5.41, 5.74) is 2.23. The third kappa shape index (κ3) is 3.91. The minimum atomic E-state index is 0.196. The summed E-state index contributed by atoms with van der Waals surface area (Å²) in [4.78, 5) is 2.51. The summed E-state index contributed by atoms with van der Waals surface area (Å²) in [5.74, 6) is 1.50. The molecule has 1 atom stereocenters. The third-order valence-corrected chi connectivity index (χ3v) is 4.77. The van der Waals surface area contributed by atoms with Crippen molar-refractivity contribution < 1.29 is 0 Å². The number of benzene rings is 1. The Kier molecular flexibility index (Phi) is 4.93. The molecule has 0 bridgehead atoms. The Hall–Kier alpha value is -2.73. The number of hydrogen-bond acceptors (Lipinski definition) is 5. The maximum atomic E-state index is 4.37. The molecule has 1 aliphatic heterocycles. The van der Waals surface area contributed by atoms with Gasteiger partial charge in [0.25, 0.3) is 0 Å². The predicted octanol–water partition coefficient (Wildman–Crippen LogP) is 3.22. The van der Waals surface area contributed by atoms with E-state index in [1.807, 2.05) is 31.3 Å². The van der Waals surface area contributed by atoms with E-state index >= 15 is 0 Å². The van der Waals surface area contributed by atoms with Crippen molar-refractivity contribution in [3.05, 3.63) is 66.0 Å². The van der Waals surface area contributed by atoms with Gasteiger partial charge in [-0.3, -0.25) is 0 Å². The fraction of sp³-hybridized carbons (Fsp3) is 0.350. The van der Waals surface area contributed by atoms with E-state index in [9.17, 15) is 0 Å². The van der Waals surface area contributed by atoms with Gasteiger partial charge < -0.3 is 10.2 Å². The van der Waals surface area contributed by atoms with Gasteiger partial charge in [0.2, 0.25) is 0 Å². The average Bonchev–Trinajstić information content (AvgIpc) is 3.34. The van der Waals surface area contributed by atoms with E-state index in [1.165, 1.54) is 31.5 Å². The normalized spacial score (nSPS) is 15.9. The quantitative estimate of drug-likeness (QED) is 0.741. The zero-order chi connectivity index (χ0) is 17.8. The minimum absolute atomic E-state index is 0.196. The number of aryl methyl sites for hydroxylation is 1. The van der Waals surface area contributed by atoms with E-state index in [0.29, 0.717) is 0 Å². The molecule has 4 rings (SSSR count). The van der Waals surface area contributed by atoms with Crippen molar-refractivity contribution in [2.24, 2.45) is 0 Å². The van der Waals surface area contributed by atoms with Crippen LogP contribution in [0.4, 0.5) is 5.82 Å². The zero-order valence-corrected chi connectivity index (χ0v) is 15.0. The standard InChI is InChI=1S/C20H24N6/c1-16-11-14-26(24-16)20-10-9-19(22-23-20)21-18(15-25-12-5-6-13-25)17-7-3-2-4-8-17/h2-4,7-11,14,18H,5-6,12-13,15H2,1H3,(H,21,22). The van der Waals surface area contributed by atoms with Crippen LogP contribution < -0.4 is 5.32 Å². The lowest BCUT2D eigenvalue weighted by molar-refractivity contribution is 0.323. The molecule has 0 radical (unpaired) electrons. The first-order valence-corrected chi connectivity index (χ1v) is 9.18. The fourth-order valence-corrected chi connectivity index (χ4v) is 3.39. The largest absolute Gasteiger partial charge is 0.360 e. The van der Waals surface area contributed by atoms with Crippen LogP contribution in [0.2, 0.25) is 0 Å². The summed E-state index contributed by atoms with van der Waals surface area (Å²) in [7, 11) is 0. The van der Waals surface area contributed by atoms with Gasteiger partial charge in [-0.1, -0.05) is 30.3 Å². The number of anilines is 1. The van der Waals surface area contributed by atoms with Crippen LogP contribution >= 0.6 is 0 Å². The summed E-state index contributed by atoms with van der Waals surface area (Å²) in [6.45, 7) is 5.29. The molecule has 134 valence electrons. The van der Waals surface area contributed by atoms with E-state index in [1.54, 1.807) is 4.68 Å². The highest BCUT2D eigenvalue weighted by Crippen LogP contribution is 2.21. The summed E-state index contributed by atoms with van der Waals surface area (Å²) >= 11 is 0. The van der Waals surface area contributed by atoms with Crippen molar-refractivity contribution in [2.45, 2.75) is 25.8 Å². The summed E-state index contributed by atoms with van der Waals surface area (Å²) in [5, 5.41) is 16.6. The molecule has 2 aromatic heterocycles. The van der Waals surface area contributed by atoms with Crippen LogP contribution in [-0.4, -0.2) is 44.5 Å². The van der Waals surface area contributed by atoms with E-state index in [-0.39, 0.29) is 6.04 Å². The van der Waals surface area contributed by atoms with Crippen LogP contribution in [0.15, 0.2) is 54.7 Å². The number of nitrogens with one attached hydrogen (secondary N) is 1. The number of nitrogens with zero attached hydrogens (tertiary/aromatic N) is 5. The van der Waals surface area contributed by atoms with Crippen molar-refractivity contribution in [3.8, 4) is 5.82 Å². The molecule has 6 heteroatoms. The van der Waals surface area contributed by atoms with Gasteiger partial charge in [-0.05, 0) is 56.6 Å². The number of hydrogen-bond donors (Lipinski definition) is 1. The second-order valence-corrected chi connectivity index (χ2v) is 6.79. The first-order valence-electron chi connectivity index (χ1n) is 9.18. The Morgan fingerprint density at radius 2 is 1.81 bits per heavy atom. The Morgan fingerprint density at radius 3 is 2.46 bits per heavy atom. The van der Waals surface area contributed by atoms with Crippen LogP contribution in [0.25, 0.3) is 5.82 Å².